The molecular weight excluding hydrogens is 299 g/mol. The van der Waals surface area contributed by atoms with Crippen LogP contribution in [0.4, 0.5) is 18.9 Å². The van der Waals surface area contributed by atoms with Crippen molar-refractivity contribution in [3.8, 4) is 0 Å². The predicted octanol–water partition coefficient (Wildman–Crippen LogP) is 2.13. The van der Waals surface area contributed by atoms with E-state index in [0.29, 0.717) is 0 Å². The predicted molar refractivity (Wildman–Crippen MR) is 65.8 cm³/mol. The molecule has 1 N–H and O–H groups in total. The number of carboxylic acid groups (broad SMARTS) is 1. The fraction of sp³-hybridized carbons (Fsp3) is 0.364. The van der Waals surface area contributed by atoms with Crippen molar-refractivity contribution in [1.29, 1.82) is 0 Å². The van der Waals surface area contributed by atoms with Crippen LogP contribution in [0.1, 0.15) is 12.0 Å². The van der Waals surface area contributed by atoms with Crippen LogP contribution in [0.25, 0.3) is 0 Å². The van der Waals surface area contributed by atoms with Crippen LogP contribution in [-0.4, -0.2) is 31.5 Å². The zero-order valence-corrected chi connectivity index (χ0v) is 11.2. The van der Waals surface area contributed by atoms with Crippen LogP contribution in [0.3, 0.4) is 0 Å². The van der Waals surface area contributed by atoms with Crippen LogP contribution in [-0.2, 0) is 14.8 Å². The molecule has 0 aliphatic rings. The van der Waals surface area contributed by atoms with E-state index < -0.39 is 34.5 Å². The minimum absolute atomic E-state index is 0.0561. The zero-order valence-electron chi connectivity index (χ0n) is 10.4. The summed E-state index contributed by atoms with van der Waals surface area (Å²) in [6, 6.07) is 5.27. The van der Waals surface area contributed by atoms with Crippen molar-refractivity contribution in [3.05, 3.63) is 29.8 Å². The molecule has 1 aromatic carbocycles. The Kier molecular flexibility index (Phi) is 4.64. The Morgan fingerprint density at radius 1 is 1.25 bits per heavy atom. The van der Waals surface area contributed by atoms with Crippen LogP contribution in [0, 0.1) is 6.92 Å². The number of rotatable bonds is 5. The van der Waals surface area contributed by atoms with E-state index in [9.17, 15) is 26.4 Å². The van der Waals surface area contributed by atoms with Gasteiger partial charge in [0.1, 0.15) is 0 Å². The minimum Gasteiger partial charge on any atom is -0.481 e. The SMILES string of the molecule is Cc1ccc(N(CCC(=O)O)S(=O)(=O)C(F)(F)F)cc1. The van der Waals surface area contributed by atoms with Crippen molar-refractivity contribution < 1.29 is 31.5 Å². The molecule has 1 aromatic rings. The number of nitrogens with zero attached hydrogens (tertiary/aromatic N) is 1. The van der Waals surface area contributed by atoms with Gasteiger partial charge in [-0.2, -0.15) is 21.6 Å². The van der Waals surface area contributed by atoms with Crippen molar-refractivity contribution in [3.63, 3.8) is 0 Å². The third-order valence-corrected chi connectivity index (χ3v) is 3.99. The second-order valence-corrected chi connectivity index (χ2v) is 5.86. The van der Waals surface area contributed by atoms with E-state index in [-0.39, 0.29) is 9.99 Å². The van der Waals surface area contributed by atoms with Gasteiger partial charge >= 0.3 is 21.5 Å². The van der Waals surface area contributed by atoms with Crippen molar-refractivity contribution in [1.82, 2.24) is 0 Å². The molecule has 0 atom stereocenters. The maximum Gasteiger partial charge on any atom is 0.516 e. The van der Waals surface area contributed by atoms with E-state index >= 15 is 0 Å². The zero-order chi connectivity index (χ0) is 15.6. The maximum atomic E-state index is 12.6. The average molecular weight is 311 g/mol. The molecule has 0 bridgehead atoms. The van der Waals surface area contributed by atoms with Crippen molar-refractivity contribution in [2.45, 2.75) is 18.9 Å². The number of benzene rings is 1. The monoisotopic (exact) mass is 311 g/mol. The lowest BCUT2D eigenvalue weighted by molar-refractivity contribution is -0.136. The van der Waals surface area contributed by atoms with Crippen molar-refractivity contribution >= 4 is 21.7 Å². The van der Waals surface area contributed by atoms with Gasteiger partial charge in [0.15, 0.2) is 0 Å². The van der Waals surface area contributed by atoms with Gasteiger partial charge in [0, 0.05) is 6.54 Å². The summed E-state index contributed by atoms with van der Waals surface area (Å²) in [5.74, 6) is -1.39. The number of hydrogen-bond donors (Lipinski definition) is 1. The van der Waals surface area contributed by atoms with E-state index in [1.807, 2.05) is 0 Å². The molecule has 0 unspecified atom stereocenters. The van der Waals surface area contributed by atoms with Gasteiger partial charge in [0.2, 0.25) is 0 Å². The molecule has 20 heavy (non-hydrogen) atoms. The second-order valence-electron chi connectivity index (χ2n) is 4.00. The van der Waals surface area contributed by atoms with Crippen LogP contribution in [0.5, 0.6) is 0 Å². The van der Waals surface area contributed by atoms with Gasteiger partial charge in [-0.1, -0.05) is 17.7 Å². The molecule has 0 amide bonds. The van der Waals surface area contributed by atoms with Gasteiger partial charge in [0.05, 0.1) is 12.1 Å². The number of aryl methyl sites for hydroxylation is 1. The number of carbonyl (C=O) groups is 1. The van der Waals surface area contributed by atoms with Crippen LogP contribution in [0.15, 0.2) is 24.3 Å². The highest BCUT2D eigenvalue weighted by molar-refractivity contribution is 7.93. The Balaban J connectivity index is 3.22. The number of aliphatic carboxylic acids is 1. The van der Waals surface area contributed by atoms with E-state index in [1.165, 1.54) is 24.3 Å². The Bertz CT molecular complexity index is 581. The molecule has 1 rings (SSSR count). The summed E-state index contributed by atoms with van der Waals surface area (Å²) in [7, 11) is -5.63. The number of sulfonamides is 1. The smallest absolute Gasteiger partial charge is 0.481 e. The average Bonchev–Trinajstić information content (AvgIpc) is 2.29. The molecule has 5 nitrogen and oxygen atoms in total. The van der Waals surface area contributed by atoms with Gasteiger partial charge in [0.25, 0.3) is 0 Å². The molecule has 0 saturated heterocycles. The van der Waals surface area contributed by atoms with Gasteiger partial charge in [-0.3, -0.25) is 9.10 Å². The summed E-state index contributed by atoms with van der Waals surface area (Å²) >= 11 is 0. The highest BCUT2D eigenvalue weighted by Gasteiger charge is 2.50. The first-order valence-electron chi connectivity index (χ1n) is 5.43. The lowest BCUT2D eigenvalue weighted by Crippen LogP contribution is -2.42. The Hall–Kier alpha value is -1.77. The summed E-state index contributed by atoms with van der Waals surface area (Å²) in [5.41, 5.74) is -4.98. The molecule has 0 aliphatic carbocycles. The number of hydrogen-bond acceptors (Lipinski definition) is 3. The van der Waals surface area contributed by atoms with E-state index in [0.717, 1.165) is 5.56 Å². The molecular formula is C11H12F3NO4S. The molecule has 0 radical (unpaired) electrons. The fourth-order valence-corrected chi connectivity index (χ4v) is 2.40. The number of alkyl halides is 3. The van der Waals surface area contributed by atoms with Crippen LogP contribution >= 0.6 is 0 Å². The van der Waals surface area contributed by atoms with Gasteiger partial charge in [-0.25, -0.2) is 0 Å². The standard InChI is InChI=1S/C11H12F3NO4S/c1-8-2-4-9(5-3-8)15(7-6-10(16)17)20(18,19)11(12,13)14/h2-5H,6-7H2,1H3,(H,16,17). The summed E-state index contributed by atoms with van der Waals surface area (Å²) in [4.78, 5) is 10.5. The maximum absolute atomic E-state index is 12.6. The van der Waals surface area contributed by atoms with E-state index in [4.69, 9.17) is 5.11 Å². The summed E-state index contributed by atoms with van der Waals surface area (Å²) in [5, 5.41) is 8.52. The third-order valence-electron chi connectivity index (χ3n) is 2.43. The molecule has 0 aliphatic heterocycles. The quantitative estimate of drug-likeness (QED) is 0.904. The topological polar surface area (TPSA) is 74.7 Å². The highest BCUT2D eigenvalue weighted by Crippen LogP contribution is 2.31. The van der Waals surface area contributed by atoms with Crippen LogP contribution in [0.2, 0.25) is 0 Å². The lowest BCUT2D eigenvalue weighted by atomic mass is 10.2. The molecule has 9 heteroatoms. The molecule has 0 saturated carbocycles. The Labute approximate surface area is 113 Å². The Morgan fingerprint density at radius 2 is 1.75 bits per heavy atom. The molecule has 0 spiro atoms. The number of carboxylic acids is 1. The van der Waals surface area contributed by atoms with Crippen molar-refractivity contribution in [2.24, 2.45) is 0 Å². The van der Waals surface area contributed by atoms with Crippen molar-refractivity contribution in [2.75, 3.05) is 10.8 Å². The normalized spacial score (nSPS) is 12.2. The van der Waals surface area contributed by atoms with Crippen LogP contribution < -0.4 is 4.31 Å². The first-order chi connectivity index (χ1) is 9.05. The fourth-order valence-electron chi connectivity index (χ4n) is 1.42. The van der Waals surface area contributed by atoms with Gasteiger partial charge in [-0.05, 0) is 19.1 Å². The highest BCUT2D eigenvalue weighted by atomic mass is 32.2. The van der Waals surface area contributed by atoms with E-state index in [2.05, 4.69) is 0 Å². The number of anilines is 1. The first kappa shape index (κ1) is 16.3. The molecule has 0 heterocycles. The van der Waals surface area contributed by atoms with E-state index in [1.54, 1.807) is 6.92 Å². The second kappa shape index (κ2) is 5.70. The largest absolute Gasteiger partial charge is 0.516 e. The van der Waals surface area contributed by atoms with Gasteiger partial charge in [-0.15, -0.1) is 0 Å². The molecule has 112 valence electrons. The van der Waals surface area contributed by atoms with Gasteiger partial charge < -0.3 is 5.11 Å². The lowest BCUT2D eigenvalue weighted by Gasteiger charge is -2.24. The third kappa shape index (κ3) is 3.62. The first-order valence-corrected chi connectivity index (χ1v) is 6.87. The Morgan fingerprint density at radius 3 is 2.15 bits per heavy atom. The summed E-state index contributed by atoms with van der Waals surface area (Å²) in [6.07, 6.45) is -0.733. The molecule has 0 aromatic heterocycles. The molecule has 0 fully saturated rings. The minimum atomic E-state index is -5.63. The summed E-state index contributed by atoms with van der Waals surface area (Å²) in [6.45, 7) is 0.893. The summed E-state index contributed by atoms with van der Waals surface area (Å²) < 4.78 is 60.8. The number of halogens is 3.